The summed E-state index contributed by atoms with van der Waals surface area (Å²) in [4.78, 5) is 29.5. The minimum Gasteiger partial charge on any atom is -0.478 e. The number of nitrogens with zero attached hydrogens (tertiary/aromatic N) is 1. The minimum atomic E-state index is -1.26. The van der Waals surface area contributed by atoms with Gasteiger partial charge in [-0.05, 0) is 24.5 Å². The van der Waals surface area contributed by atoms with E-state index in [-0.39, 0.29) is 5.69 Å². The summed E-state index contributed by atoms with van der Waals surface area (Å²) < 4.78 is 0. The van der Waals surface area contributed by atoms with Crippen molar-refractivity contribution in [2.45, 2.75) is 18.9 Å². The molecule has 2 aromatic rings. The van der Waals surface area contributed by atoms with Gasteiger partial charge in [0.15, 0.2) is 0 Å². The number of carboxylic acids is 2. The number of nitrogens with two attached hydrogens (primary N) is 1. The fraction of sp³-hybridized carbons (Fsp3) is 0.158. The summed E-state index contributed by atoms with van der Waals surface area (Å²) in [5, 5.41) is 26.4. The molecule has 0 bridgehead atoms. The number of non-ortho nitro benzene ring substituents is 1. The maximum Gasteiger partial charge on any atom is 0.328 e. The van der Waals surface area contributed by atoms with Crippen molar-refractivity contribution >= 4 is 17.6 Å². The van der Waals surface area contributed by atoms with E-state index < -0.39 is 22.4 Å². The summed E-state index contributed by atoms with van der Waals surface area (Å²) in [6, 6.07) is 16.4. The molecule has 0 spiro atoms. The van der Waals surface area contributed by atoms with Gasteiger partial charge in [-0.25, -0.2) is 9.59 Å². The highest BCUT2D eigenvalue weighted by molar-refractivity contribution is 5.89. The molecule has 0 aliphatic carbocycles. The van der Waals surface area contributed by atoms with Gasteiger partial charge in [-0.1, -0.05) is 42.5 Å². The molecule has 0 amide bonds. The Morgan fingerprint density at radius 3 is 2.11 bits per heavy atom. The molecule has 0 saturated heterocycles. The van der Waals surface area contributed by atoms with Crippen molar-refractivity contribution in [1.29, 1.82) is 0 Å². The summed E-state index contributed by atoms with van der Waals surface area (Å²) in [6.45, 7) is 1.89. The normalized spacial score (nSPS) is 12.5. The van der Waals surface area contributed by atoms with Crippen LogP contribution in [0.15, 0.2) is 66.7 Å². The molecule has 2 rings (SSSR count). The third-order valence-corrected chi connectivity index (χ3v) is 3.50. The molecule has 1 unspecified atom stereocenters. The number of hydrogen-bond donors (Lipinski definition) is 3. The molecule has 0 radical (unpaired) electrons. The number of rotatable bonds is 6. The van der Waals surface area contributed by atoms with E-state index in [1.807, 2.05) is 43.3 Å². The van der Waals surface area contributed by atoms with Crippen LogP contribution in [-0.4, -0.2) is 27.1 Å². The third-order valence-electron chi connectivity index (χ3n) is 3.50. The van der Waals surface area contributed by atoms with Crippen molar-refractivity contribution < 1.29 is 24.7 Å². The van der Waals surface area contributed by atoms with Gasteiger partial charge in [-0.3, -0.25) is 10.1 Å². The maximum absolute atomic E-state index is 10.8. The van der Waals surface area contributed by atoms with E-state index in [9.17, 15) is 19.7 Å². The number of benzene rings is 2. The SMILES string of the molecule is CC(N)(Cc1ccccc1)c1cccc([N+](=O)[O-])c1.O=C(O)C=CC(=O)O. The predicted molar refractivity (Wildman–Crippen MR) is 99.2 cm³/mol. The molecular weight excluding hydrogens is 352 g/mol. The molecule has 4 N–H and O–H groups in total. The van der Waals surface area contributed by atoms with Crippen molar-refractivity contribution in [3.8, 4) is 0 Å². The summed E-state index contributed by atoms with van der Waals surface area (Å²) in [5.41, 5.74) is 7.64. The van der Waals surface area contributed by atoms with Crippen molar-refractivity contribution in [3.05, 3.63) is 88.0 Å². The van der Waals surface area contributed by atoms with Crippen molar-refractivity contribution in [3.63, 3.8) is 0 Å². The second-order valence-electron chi connectivity index (χ2n) is 5.90. The molecule has 1 atom stereocenters. The Morgan fingerprint density at radius 1 is 1.07 bits per heavy atom. The van der Waals surface area contributed by atoms with Crippen LogP contribution in [0, 0.1) is 10.1 Å². The van der Waals surface area contributed by atoms with Crippen LogP contribution in [-0.2, 0) is 21.5 Å². The number of aliphatic carboxylic acids is 2. The van der Waals surface area contributed by atoms with Crippen LogP contribution in [0.25, 0.3) is 0 Å². The molecule has 0 aliphatic rings. The van der Waals surface area contributed by atoms with Crippen molar-refractivity contribution in [2.24, 2.45) is 5.73 Å². The van der Waals surface area contributed by atoms with E-state index in [0.717, 1.165) is 11.1 Å². The summed E-state index contributed by atoms with van der Waals surface area (Å²) >= 11 is 0. The smallest absolute Gasteiger partial charge is 0.328 e. The Bertz CT molecular complexity index is 815. The summed E-state index contributed by atoms with van der Waals surface area (Å²) in [5.74, 6) is -2.51. The first-order chi connectivity index (χ1) is 12.6. The summed E-state index contributed by atoms with van der Waals surface area (Å²) in [7, 11) is 0. The lowest BCUT2D eigenvalue weighted by molar-refractivity contribution is -0.385. The van der Waals surface area contributed by atoms with E-state index in [1.54, 1.807) is 12.1 Å². The number of nitro benzene ring substituents is 1. The van der Waals surface area contributed by atoms with Crippen LogP contribution in [0.2, 0.25) is 0 Å². The van der Waals surface area contributed by atoms with E-state index in [0.29, 0.717) is 18.6 Å². The van der Waals surface area contributed by atoms with E-state index in [4.69, 9.17) is 15.9 Å². The maximum atomic E-state index is 10.8. The first-order valence-corrected chi connectivity index (χ1v) is 7.83. The van der Waals surface area contributed by atoms with E-state index >= 15 is 0 Å². The van der Waals surface area contributed by atoms with Crippen LogP contribution < -0.4 is 5.73 Å². The number of nitro groups is 1. The van der Waals surface area contributed by atoms with Crippen LogP contribution in [0.1, 0.15) is 18.1 Å². The molecule has 8 nitrogen and oxygen atoms in total. The van der Waals surface area contributed by atoms with Gasteiger partial charge in [-0.15, -0.1) is 0 Å². The Balaban J connectivity index is 0.000000387. The van der Waals surface area contributed by atoms with Gasteiger partial charge in [0.1, 0.15) is 0 Å². The van der Waals surface area contributed by atoms with Gasteiger partial charge in [0, 0.05) is 29.8 Å². The second kappa shape index (κ2) is 9.83. The van der Waals surface area contributed by atoms with Gasteiger partial charge < -0.3 is 15.9 Å². The Kier molecular flexibility index (Phi) is 7.84. The number of carboxylic acid groups (broad SMARTS) is 2. The average molecular weight is 372 g/mol. The Labute approximate surface area is 155 Å². The predicted octanol–water partition coefficient (Wildman–Crippen LogP) is 2.72. The molecule has 142 valence electrons. The highest BCUT2D eigenvalue weighted by Gasteiger charge is 2.23. The van der Waals surface area contributed by atoms with Crippen molar-refractivity contribution in [2.75, 3.05) is 0 Å². The lowest BCUT2D eigenvalue weighted by atomic mass is 9.86. The van der Waals surface area contributed by atoms with E-state index in [2.05, 4.69) is 0 Å². The zero-order valence-electron chi connectivity index (χ0n) is 14.6. The van der Waals surface area contributed by atoms with E-state index in [1.165, 1.54) is 6.07 Å². The standard InChI is InChI=1S/C15H16N2O2.C4H4O4/c1-15(16,11-12-6-3-2-4-7-12)13-8-5-9-14(10-13)17(18)19;5-3(6)1-2-4(7)8/h2-10H,11,16H2,1H3;1-2H,(H,5,6)(H,7,8). The Morgan fingerprint density at radius 2 is 1.63 bits per heavy atom. The van der Waals surface area contributed by atoms with Gasteiger partial charge >= 0.3 is 11.9 Å². The Hall–Kier alpha value is -3.52. The van der Waals surface area contributed by atoms with Gasteiger partial charge in [0.25, 0.3) is 5.69 Å². The van der Waals surface area contributed by atoms with Gasteiger partial charge in [-0.2, -0.15) is 0 Å². The van der Waals surface area contributed by atoms with Crippen LogP contribution in [0.5, 0.6) is 0 Å². The lowest BCUT2D eigenvalue weighted by Crippen LogP contribution is -2.35. The molecule has 2 aromatic carbocycles. The minimum absolute atomic E-state index is 0.0715. The summed E-state index contributed by atoms with van der Waals surface area (Å²) in [6.07, 6.45) is 1.75. The molecular formula is C19H20N2O6. The molecule has 0 saturated carbocycles. The highest BCUT2D eigenvalue weighted by atomic mass is 16.6. The monoisotopic (exact) mass is 372 g/mol. The number of hydrogen-bond acceptors (Lipinski definition) is 5. The molecule has 27 heavy (non-hydrogen) atoms. The fourth-order valence-corrected chi connectivity index (χ4v) is 2.24. The van der Waals surface area contributed by atoms with Gasteiger partial charge in [0.05, 0.1) is 4.92 Å². The van der Waals surface area contributed by atoms with Crippen LogP contribution in [0.4, 0.5) is 5.69 Å². The molecule has 8 heteroatoms. The first kappa shape index (κ1) is 21.5. The second-order valence-corrected chi connectivity index (χ2v) is 5.90. The molecule has 0 aromatic heterocycles. The molecule has 0 heterocycles. The lowest BCUT2D eigenvalue weighted by Gasteiger charge is -2.25. The highest BCUT2D eigenvalue weighted by Crippen LogP contribution is 2.25. The van der Waals surface area contributed by atoms with Gasteiger partial charge in [0.2, 0.25) is 0 Å². The number of carbonyl (C=O) groups is 2. The topological polar surface area (TPSA) is 144 Å². The van der Waals surface area contributed by atoms with Crippen LogP contribution >= 0.6 is 0 Å². The zero-order chi connectivity index (χ0) is 20.4. The fourth-order valence-electron chi connectivity index (χ4n) is 2.24. The largest absolute Gasteiger partial charge is 0.478 e. The van der Waals surface area contributed by atoms with Crippen LogP contribution in [0.3, 0.4) is 0 Å². The zero-order valence-corrected chi connectivity index (χ0v) is 14.6. The average Bonchev–Trinajstić information content (AvgIpc) is 2.61. The van der Waals surface area contributed by atoms with Crippen molar-refractivity contribution in [1.82, 2.24) is 0 Å². The third kappa shape index (κ3) is 7.93. The molecule has 0 fully saturated rings. The quantitative estimate of drug-likeness (QED) is 0.402. The first-order valence-electron chi connectivity index (χ1n) is 7.83. The molecule has 0 aliphatic heterocycles.